The molecule has 0 aliphatic rings. The van der Waals surface area contributed by atoms with Gasteiger partial charge in [-0.2, -0.15) is 8.42 Å². The molecule has 2 unspecified atom stereocenters. The van der Waals surface area contributed by atoms with E-state index in [4.69, 9.17) is 0 Å². The Labute approximate surface area is 271 Å². The SMILES string of the molecule is CCCCCC/C=C/CC/C=C/CC/C=C/C(O)C(CS(=O)(=O)O)NC(=O)CCCCCCC/C=C\CCCCCCCC. The third kappa shape index (κ3) is 31.7. The lowest BCUT2D eigenvalue weighted by molar-refractivity contribution is -0.122. The maximum absolute atomic E-state index is 12.4. The van der Waals surface area contributed by atoms with Crippen molar-refractivity contribution in [1.82, 2.24) is 5.32 Å². The molecule has 0 aliphatic carbocycles. The monoisotopic (exact) mass is 637 g/mol. The lowest BCUT2D eigenvalue weighted by Crippen LogP contribution is -2.46. The normalized spacial score (nSPS) is 14.0. The second kappa shape index (κ2) is 31.3. The van der Waals surface area contributed by atoms with Crippen LogP contribution in [0.3, 0.4) is 0 Å². The summed E-state index contributed by atoms with van der Waals surface area (Å²) in [5.41, 5.74) is 0. The van der Waals surface area contributed by atoms with E-state index in [1.165, 1.54) is 76.7 Å². The highest BCUT2D eigenvalue weighted by Gasteiger charge is 2.24. The van der Waals surface area contributed by atoms with Gasteiger partial charge in [-0.25, -0.2) is 0 Å². The van der Waals surface area contributed by atoms with Crippen molar-refractivity contribution >= 4 is 16.0 Å². The Bertz CT molecular complexity index is 878. The number of rotatable bonds is 31. The minimum absolute atomic E-state index is 0.273. The van der Waals surface area contributed by atoms with Gasteiger partial charge in [0.05, 0.1) is 17.9 Å². The van der Waals surface area contributed by atoms with E-state index in [0.29, 0.717) is 12.8 Å². The largest absolute Gasteiger partial charge is 0.387 e. The molecule has 0 aromatic rings. The van der Waals surface area contributed by atoms with Gasteiger partial charge in [-0.1, -0.05) is 133 Å². The number of aliphatic hydroxyl groups excluding tert-OH is 1. The minimum atomic E-state index is -4.35. The summed E-state index contributed by atoms with van der Waals surface area (Å²) in [5.74, 6) is -1.02. The first-order valence-corrected chi connectivity index (χ1v) is 19.4. The summed E-state index contributed by atoms with van der Waals surface area (Å²) < 4.78 is 32.3. The Morgan fingerprint density at radius 3 is 1.45 bits per heavy atom. The summed E-state index contributed by atoms with van der Waals surface area (Å²) in [7, 11) is -4.35. The fourth-order valence-electron chi connectivity index (χ4n) is 5.00. The van der Waals surface area contributed by atoms with Gasteiger partial charge in [0.25, 0.3) is 10.1 Å². The number of hydrogen-bond donors (Lipinski definition) is 3. The van der Waals surface area contributed by atoms with Crippen molar-refractivity contribution in [2.75, 3.05) is 5.75 Å². The predicted molar refractivity (Wildman–Crippen MR) is 188 cm³/mol. The van der Waals surface area contributed by atoms with Crippen LogP contribution >= 0.6 is 0 Å². The Morgan fingerprint density at radius 2 is 0.977 bits per heavy atom. The molecule has 0 aromatic carbocycles. The molecule has 0 heterocycles. The number of amides is 1. The van der Waals surface area contributed by atoms with Gasteiger partial charge < -0.3 is 10.4 Å². The van der Waals surface area contributed by atoms with Crippen LogP contribution in [0.4, 0.5) is 0 Å². The van der Waals surface area contributed by atoms with Crippen molar-refractivity contribution in [3.05, 3.63) is 48.6 Å². The highest BCUT2D eigenvalue weighted by Crippen LogP contribution is 2.11. The number of carbonyl (C=O) groups excluding carboxylic acids is 1. The van der Waals surface area contributed by atoms with Crippen molar-refractivity contribution in [3.63, 3.8) is 0 Å². The molecule has 2 atom stereocenters. The maximum atomic E-state index is 12.4. The molecule has 0 aliphatic heterocycles. The molecule has 0 saturated heterocycles. The van der Waals surface area contributed by atoms with Crippen LogP contribution in [0.15, 0.2) is 48.6 Å². The van der Waals surface area contributed by atoms with Crippen LogP contribution in [-0.4, -0.2) is 41.9 Å². The average Bonchev–Trinajstić information content (AvgIpc) is 2.98. The van der Waals surface area contributed by atoms with Crippen LogP contribution in [-0.2, 0) is 14.9 Å². The van der Waals surface area contributed by atoms with Crippen LogP contribution in [0.1, 0.15) is 162 Å². The van der Waals surface area contributed by atoms with Crippen molar-refractivity contribution in [2.24, 2.45) is 0 Å². The molecule has 44 heavy (non-hydrogen) atoms. The lowest BCUT2D eigenvalue weighted by Gasteiger charge is -2.21. The van der Waals surface area contributed by atoms with Crippen molar-refractivity contribution < 1.29 is 22.9 Å². The Hall–Kier alpha value is -1.70. The van der Waals surface area contributed by atoms with E-state index in [1.54, 1.807) is 6.08 Å². The molecule has 0 saturated carbocycles. The third-order valence-electron chi connectivity index (χ3n) is 7.71. The first-order valence-electron chi connectivity index (χ1n) is 17.8. The number of hydrogen-bond acceptors (Lipinski definition) is 4. The number of allylic oxidation sites excluding steroid dienone is 7. The van der Waals surface area contributed by atoms with E-state index < -0.39 is 28.0 Å². The van der Waals surface area contributed by atoms with E-state index in [9.17, 15) is 22.9 Å². The Morgan fingerprint density at radius 1 is 0.591 bits per heavy atom. The van der Waals surface area contributed by atoms with Crippen molar-refractivity contribution in [3.8, 4) is 0 Å². The molecule has 7 heteroatoms. The molecule has 1 amide bonds. The third-order valence-corrected chi connectivity index (χ3v) is 8.49. The molecule has 0 fully saturated rings. The fourth-order valence-corrected chi connectivity index (χ4v) is 5.74. The number of carbonyl (C=O) groups is 1. The number of nitrogens with one attached hydrogen (secondary N) is 1. The zero-order valence-corrected chi connectivity index (χ0v) is 29.1. The van der Waals surface area contributed by atoms with Gasteiger partial charge in [0.2, 0.25) is 5.91 Å². The van der Waals surface area contributed by atoms with E-state index in [0.717, 1.165) is 57.8 Å². The van der Waals surface area contributed by atoms with E-state index >= 15 is 0 Å². The molecular weight excluding hydrogens is 570 g/mol. The summed E-state index contributed by atoms with van der Waals surface area (Å²) in [6, 6.07) is -1.08. The summed E-state index contributed by atoms with van der Waals surface area (Å²) in [4.78, 5) is 12.4. The van der Waals surface area contributed by atoms with Gasteiger partial charge in [0.1, 0.15) is 0 Å². The molecule has 0 rings (SSSR count). The molecule has 256 valence electrons. The molecule has 0 bridgehead atoms. The van der Waals surface area contributed by atoms with Gasteiger partial charge in [-0.05, 0) is 70.6 Å². The first-order chi connectivity index (χ1) is 21.3. The molecule has 3 N–H and O–H groups in total. The van der Waals surface area contributed by atoms with Crippen LogP contribution in [0.2, 0.25) is 0 Å². The Balaban J connectivity index is 4.11. The summed E-state index contributed by atoms with van der Waals surface area (Å²) >= 11 is 0. The summed E-state index contributed by atoms with van der Waals surface area (Å²) in [6.45, 7) is 4.47. The molecule has 0 spiro atoms. The van der Waals surface area contributed by atoms with Gasteiger partial charge in [-0.15, -0.1) is 0 Å². The second-order valence-electron chi connectivity index (χ2n) is 12.1. The zero-order chi connectivity index (χ0) is 32.6. The number of unbranched alkanes of at least 4 members (excludes halogenated alkanes) is 17. The van der Waals surface area contributed by atoms with Crippen LogP contribution in [0.25, 0.3) is 0 Å². The van der Waals surface area contributed by atoms with Crippen molar-refractivity contribution in [1.29, 1.82) is 0 Å². The predicted octanol–water partition coefficient (Wildman–Crippen LogP) is 9.96. The minimum Gasteiger partial charge on any atom is -0.387 e. The smallest absolute Gasteiger partial charge is 0.267 e. The van der Waals surface area contributed by atoms with Gasteiger partial charge in [-0.3, -0.25) is 9.35 Å². The van der Waals surface area contributed by atoms with E-state index in [1.807, 2.05) is 0 Å². The van der Waals surface area contributed by atoms with Gasteiger partial charge in [0, 0.05) is 6.42 Å². The van der Waals surface area contributed by atoms with Gasteiger partial charge in [0.15, 0.2) is 0 Å². The van der Waals surface area contributed by atoms with Gasteiger partial charge >= 0.3 is 0 Å². The topological polar surface area (TPSA) is 104 Å². The first kappa shape index (κ1) is 42.3. The van der Waals surface area contributed by atoms with E-state index in [-0.39, 0.29) is 12.3 Å². The van der Waals surface area contributed by atoms with Crippen LogP contribution in [0.5, 0.6) is 0 Å². The summed E-state index contributed by atoms with van der Waals surface area (Å²) in [6.07, 6.45) is 40.9. The second-order valence-corrected chi connectivity index (χ2v) is 13.6. The lowest BCUT2D eigenvalue weighted by atomic mass is 10.1. The fraction of sp³-hybridized carbons (Fsp3) is 0.757. The van der Waals surface area contributed by atoms with Crippen molar-refractivity contribution in [2.45, 2.75) is 174 Å². The maximum Gasteiger partial charge on any atom is 0.267 e. The molecule has 6 nitrogen and oxygen atoms in total. The van der Waals surface area contributed by atoms with E-state index in [2.05, 4.69) is 55.6 Å². The highest BCUT2D eigenvalue weighted by molar-refractivity contribution is 7.85. The molecular formula is C37H67NO5S. The average molecular weight is 638 g/mol. The summed E-state index contributed by atoms with van der Waals surface area (Å²) in [5, 5.41) is 13.1. The molecule has 0 aromatic heterocycles. The van der Waals surface area contributed by atoms with Crippen LogP contribution in [0, 0.1) is 0 Å². The quantitative estimate of drug-likeness (QED) is 0.0399. The standard InChI is InChI=1S/C37H67NO5S/c1-3-5-7-9-11-13-15-17-19-21-23-25-27-29-31-33-37(40)38-35(34-44(41,42)43)36(39)32-30-28-26-24-22-20-18-16-14-12-10-8-6-4-2/h14,16-17,19,22,24,30,32,35-36,39H,3-13,15,18,20-21,23,25-29,31,33-34H2,1-2H3,(H,38,40)(H,41,42,43)/b16-14+,19-17-,24-22+,32-30+. The zero-order valence-electron chi connectivity index (χ0n) is 28.3. The number of aliphatic hydroxyl groups is 1. The molecule has 0 radical (unpaired) electrons. The Kier molecular flexibility index (Phi) is 30.1. The highest BCUT2D eigenvalue weighted by atomic mass is 32.2. The van der Waals surface area contributed by atoms with Crippen LogP contribution < -0.4 is 5.32 Å².